The Labute approximate surface area is 189 Å². The molecule has 1 aliphatic carbocycles. The van der Waals surface area contributed by atoms with Gasteiger partial charge < -0.3 is 24.4 Å². The molecule has 2 aromatic rings. The van der Waals surface area contributed by atoms with E-state index in [1.807, 2.05) is 24.3 Å². The van der Waals surface area contributed by atoms with Crippen LogP contribution in [0.15, 0.2) is 48.5 Å². The van der Waals surface area contributed by atoms with E-state index >= 15 is 0 Å². The van der Waals surface area contributed by atoms with E-state index in [1.54, 1.807) is 50.3 Å². The largest absolute Gasteiger partial charge is 0.497 e. The molecule has 0 radical (unpaired) electrons. The fourth-order valence-corrected chi connectivity index (χ4v) is 3.80. The molecular weight excluding hydrogens is 408 g/mol. The first-order valence-electron chi connectivity index (χ1n) is 11.0. The van der Waals surface area contributed by atoms with Crippen LogP contribution < -0.4 is 19.5 Å². The van der Waals surface area contributed by atoms with Crippen LogP contribution >= 0.6 is 0 Å². The number of nitrogens with zero attached hydrogens (tertiary/aromatic N) is 1. The normalized spacial score (nSPS) is 14.5. The van der Waals surface area contributed by atoms with Crippen LogP contribution in [0.1, 0.15) is 38.2 Å². The van der Waals surface area contributed by atoms with Crippen LogP contribution in [0.4, 0.5) is 0 Å². The van der Waals surface area contributed by atoms with Gasteiger partial charge in [-0.1, -0.05) is 25.0 Å². The van der Waals surface area contributed by atoms with Crippen LogP contribution in [0.25, 0.3) is 0 Å². The van der Waals surface area contributed by atoms with Crippen molar-refractivity contribution in [2.24, 2.45) is 0 Å². The average molecular weight is 441 g/mol. The third-order valence-corrected chi connectivity index (χ3v) is 5.80. The molecule has 0 spiro atoms. The van der Waals surface area contributed by atoms with Gasteiger partial charge in [-0.15, -0.1) is 0 Å². The lowest BCUT2D eigenvalue weighted by atomic mass is 10.1. The van der Waals surface area contributed by atoms with Gasteiger partial charge in [-0.25, -0.2) is 0 Å². The van der Waals surface area contributed by atoms with Crippen LogP contribution in [-0.2, 0) is 16.1 Å². The van der Waals surface area contributed by atoms with Crippen molar-refractivity contribution in [3.05, 3.63) is 54.1 Å². The molecule has 3 rings (SSSR count). The molecule has 1 aliphatic rings. The summed E-state index contributed by atoms with van der Waals surface area (Å²) in [7, 11) is 3.20. The minimum atomic E-state index is -0.621. The first-order valence-corrected chi connectivity index (χ1v) is 11.0. The minimum absolute atomic E-state index is 0.136. The topological polar surface area (TPSA) is 77.1 Å². The van der Waals surface area contributed by atoms with Gasteiger partial charge in [0.1, 0.15) is 23.3 Å². The van der Waals surface area contributed by atoms with Crippen molar-refractivity contribution in [3.63, 3.8) is 0 Å². The number of carbonyl (C=O) groups excluding carboxylic acids is 2. The van der Waals surface area contributed by atoms with E-state index in [9.17, 15) is 9.59 Å². The van der Waals surface area contributed by atoms with E-state index in [1.165, 1.54) is 0 Å². The quantitative estimate of drug-likeness (QED) is 0.611. The molecule has 0 saturated heterocycles. The molecule has 1 unspecified atom stereocenters. The molecular formula is C25H32N2O5. The van der Waals surface area contributed by atoms with Gasteiger partial charge in [-0.05, 0) is 61.7 Å². The van der Waals surface area contributed by atoms with Crippen LogP contribution in [-0.4, -0.2) is 49.6 Å². The number of amides is 2. The molecule has 32 heavy (non-hydrogen) atoms. The average Bonchev–Trinajstić information content (AvgIpc) is 3.34. The molecule has 0 bridgehead atoms. The number of rotatable bonds is 10. The molecule has 2 aromatic carbocycles. The molecule has 0 heterocycles. The zero-order valence-corrected chi connectivity index (χ0v) is 19.0. The molecule has 1 N–H and O–H groups in total. The summed E-state index contributed by atoms with van der Waals surface area (Å²) in [5.41, 5.74) is 0.907. The minimum Gasteiger partial charge on any atom is -0.497 e. The number of hydrogen-bond donors (Lipinski definition) is 1. The summed E-state index contributed by atoms with van der Waals surface area (Å²) in [5.74, 6) is 1.61. The van der Waals surface area contributed by atoms with E-state index in [0.29, 0.717) is 18.0 Å². The van der Waals surface area contributed by atoms with E-state index in [4.69, 9.17) is 14.2 Å². The van der Waals surface area contributed by atoms with Crippen molar-refractivity contribution < 1.29 is 23.8 Å². The van der Waals surface area contributed by atoms with Crippen LogP contribution in [0.5, 0.6) is 17.2 Å². The number of carbonyl (C=O) groups is 2. The van der Waals surface area contributed by atoms with Crippen molar-refractivity contribution in [3.8, 4) is 17.2 Å². The number of benzene rings is 2. The van der Waals surface area contributed by atoms with Gasteiger partial charge in [-0.3, -0.25) is 9.59 Å². The highest BCUT2D eigenvalue weighted by atomic mass is 16.5. The molecule has 2 amide bonds. The summed E-state index contributed by atoms with van der Waals surface area (Å²) in [6, 6.07) is 14.1. The highest BCUT2D eigenvalue weighted by Crippen LogP contribution is 2.20. The standard InChI is InChI=1S/C25H32N2O5/c1-18(25(29)26-20-6-4-5-7-20)27(16-19-8-10-21(30-2)11-9-19)24(28)17-32-23-14-12-22(31-3)13-15-23/h8-15,18,20H,4-7,16-17H2,1-3H3,(H,26,29). The van der Waals surface area contributed by atoms with Crippen molar-refractivity contribution in [2.75, 3.05) is 20.8 Å². The Morgan fingerprint density at radius 2 is 1.47 bits per heavy atom. The van der Waals surface area contributed by atoms with Crippen LogP contribution in [0.2, 0.25) is 0 Å². The summed E-state index contributed by atoms with van der Waals surface area (Å²) in [5, 5.41) is 3.10. The lowest BCUT2D eigenvalue weighted by Crippen LogP contribution is -2.50. The van der Waals surface area contributed by atoms with Gasteiger partial charge in [0.25, 0.3) is 5.91 Å². The number of nitrogens with one attached hydrogen (secondary N) is 1. The molecule has 0 aromatic heterocycles. The Kier molecular flexibility index (Phi) is 8.36. The van der Waals surface area contributed by atoms with E-state index in [-0.39, 0.29) is 24.5 Å². The second-order valence-electron chi connectivity index (χ2n) is 8.00. The zero-order valence-electron chi connectivity index (χ0n) is 19.0. The Morgan fingerprint density at radius 1 is 0.938 bits per heavy atom. The molecule has 172 valence electrons. The summed E-state index contributed by atoms with van der Waals surface area (Å²) >= 11 is 0. The Bertz CT molecular complexity index is 876. The van der Waals surface area contributed by atoms with Gasteiger partial charge in [0.2, 0.25) is 5.91 Å². The first kappa shape index (κ1) is 23.4. The van der Waals surface area contributed by atoms with Crippen molar-refractivity contribution in [1.82, 2.24) is 10.2 Å². The Balaban J connectivity index is 1.69. The third kappa shape index (κ3) is 6.39. The zero-order chi connectivity index (χ0) is 22.9. The first-order chi connectivity index (χ1) is 15.5. The SMILES string of the molecule is COc1ccc(CN(C(=O)COc2ccc(OC)cc2)C(C)C(=O)NC2CCCC2)cc1. The van der Waals surface area contributed by atoms with Crippen LogP contribution in [0, 0.1) is 0 Å². The fourth-order valence-electron chi connectivity index (χ4n) is 3.80. The molecule has 0 aliphatic heterocycles. The van der Waals surface area contributed by atoms with E-state index in [0.717, 1.165) is 37.0 Å². The molecule has 1 atom stereocenters. The molecule has 1 fully saturated rings. The number of hydrogen-bond acceptors (Lipinski definition) is 5. The summed E-state index contributed by atoms with van der Waals surface area (Å²) < 4.78 is 16.0. The predicted molar refractivity (Wildman–Crippen MR) is 122 cm³/mol. The fraction of sp³-hybridized carbons (Fsp3) is 0.440. The molecule has 7 heteroatoms. The summed E-state index contributed by atoms with van der Waals surface area (Å²) in [6.45, 7) is 1.90. The molecule has 1 saturated carbocycles. The monoisotopic (exact) mass is 440 g/mol. The van der Waals surface area contributed by atoms with Crippen molar-refractivity contribution in [1.29, 1.82) is 0 Å². The van der Waals surface area contributed by atoms with Gasteiger partial charge in [-0.2, -0.15) is 0 Å². The van der Waals surface area contributed by atoms with Crippen LogP contribution in [0.3, 0.4) is 0 Å². The predicted octanol–water partition coefficient (Wildman–Crippen LogP) is 3.56. The second-order valence-corrected chi connectivity index (χ2v) is 8.00. The van der Waals surface area contributed by atoms with Gasteiger partial charge in [0, 0.05) is 12.6 Å². The Morgan fingerprint density at radius 3 is 2.03 bits per heavy atom. The number of ether oxygens (including phenoxy) is 3. The summed E-state index contributed by atoms with van der Waals surface area (Å²) in [4.78, 5) is 27.6. The highest BCUT2D eigenvalue weighted by Gasteiger charge is 2.28. The number of methoxy groups -OCH3 is 2. The van der Waals surface area contributed by atoms with Crippen molar-refractivity contribution in [2.45, 2.75) is 51.2 Å². The van der Waals surface area contributed by atoms with Gasteiger partial charge in [0.15, 0.2) is 6.61 Å². The third-order valence-electron chi connectivity index (χ3n) is 5.80. The lowest BCUT2D eigenvalue weighted by molar-refractivity contribution is -0.142. The maximum atomic E-state index is 13.1. The lowest BCUT2D eigenvalue weighted by Gasteiger charge is -2.29. The smallest absolute Gasteiger partial charge is 0.261 e. The highest BCUT2D eigenvalue weighted by molar-refractivity contribution is 5.88. The van der Waals surface area contributed by atoms with Gasteiger partial charge in [0.05, 0.1) is 14.2 Å². The van der Waals surface area contributed by atoms with Crippen molar-refractivity contribution >= 4 is 11.8 Å². The second kappa shape index (κ2) is 11.4. The maximum absolute atomic E-state index is 13.1. The van der Waals surface area contributed by atoms with Gasteiger partial charge >= 0.3 is 0 Å². The molecule has 7 nitrogen and oxygen atoms in total. The van der Waals surface area contributed by atoms with E-state index < -0.39 is 6.04 Å². The Hall–Kier alpha value is -3.22. The maximum Gasteiger partial charge on any atom is 0.261 e. The summed E-state index contributed by atoms with van der Waals surface area (Å²) in [6.07, 6.45) is 4.24. The van der Waals surface area contributed by atoms with E-state index in [2.05, 4.69) is 5.32 Å².